The number of rotatable bonds is 4. The Balaban J connectivity index is 1.88. The SMILES string of the molecule is O=C(C1=C(O)C(=O)N(c2ccc(F)cc2)C1c1ccc(F)cc1)c1ccco1. The number of Topliss-reactive ketones (excluding diaryl/α,β-unsaturated/α-hetero) is 1. The van der Waals surface area contributed by atoms with Gasteiger partial charge in [0.05, 0.1) is 17.9 Å². The van der Waals surface area contributed by atoms with Gasteiger partial charge in [-0.1, -0.05) is 12.1 Å². The Bertz CT molecular complexity index is 1070. The van der Waals surface area contributed by atoms with Crippen LogP contribution in [0.3, 0.4) is 0 Å². The fraction of sp³-hybridized carbons (Fsp3) is 0.0476. The molecule has 7 heteroatoms. The topological polar surface area (TPSA) is 70.8 Å². The van der Waals surface area contributed by atoms with Gasteiger partial charge in [-0.15, -0.1) is 0 Å². The third-order valence-corrected chi connectivity index (χ3v) is 4.49. The highest BCUT2D eigenvalue weighted by atomic mass is 19.1. The lowest BCUT2D eigenvalue weighted by Gasteiger charge is -2.26. The zero-order chi connectivity index (χ0) is 19.8. The standard InChI is InChI=1S/C21H13F2NO4/c22-13-5-3-12(4-6-13)18-17(19(25)16-2-1-11-28-16)20(26)21(27)24(18)15-9-7-14(23)8-10-15/h1-11,18,26H. The Morgan fingerprint density at radius 2 is 1.57 bits per heavy atom. The maximum atomic E-state index is 13.4. The number of halogens is 2. The number of amides is 1. The molecule has 0 saturated carbocycles. The minimum Gasteiger partial charge on any atom is -0.503 e. The molecule has 5 nitrogen and oxygen atoms in total. The zero-order valence-electron chi connectivity index (χ0n) is 14.3. The molecule has 4 rings (SSSR count). The van der Waals surface area contributed by atoms with Crippen LogP contribution in [0.2, 0.25) is 0 Å². The fourth-order valence-corrected chi connectivity index (χ4v) is 3.21. The number of anilines is 1. The van der Waals surface area contributed by atoms with Gasteiger partial charge in [0.25, 0.3) is 5.91 Å². The first-order valence-corrected chi connectivity index (χ1v) is 8.33. The molecule has 1 atom stereocenters. The second kappa shape index (κ2) is 6.77. The van der Waals surface area contributed by atoms with Crippen molar-refractivity contribution in [2.24, 2.45) is 0 Å². The summed E-state index contributed by atoms with van der Waals surface area (Å²) in [5.74, 6) is -3.28. The van der Waals surface area contributed by atoms with E-state index >= 15 is 0 Å². The highest BCUT2D eigenvalue weighted by molar-refractivity contribution is 6.20. The number of furan rings is 1. The van der Waals surface area contributed by atoms with Gasteiger partial charge >= 0.3 is 0 Å². The van der Waals surface area contributed by atoms with E-state index in [4.69, 9.17) is 4.42 Å². The highest BCUT2D eigenvalue weighted by Gasteiger charge is 2.45. The molecule has 1 aromatic heterocycles. The van der Waals surface area contributed by atoms with Gasteiger partial charge in [-0.3, -0.25) is 14.5 Å². The second-order valence-electron chi connectivity index (χ2n) is 6.17. The fourth-order valence-electron chi connectivity index (χ4n) is 3.21. The van der Waals surface area contributed by atoms with Crippen LogP contribution in [-0.2, 0) is 4.79 Å². The number of ketones is 1. The van der Waals surface area contributed by atoms with E-state index in [1.807, 2.05) is 0 Å². The number of hydrogen-bond acceptors (Lipinski definition) is 4. The van der Waals surface area contributed by atoms with E-state index in [-0.39, 0.29) is 17.0 Å². The summed E-state index contributed by atoms with van der Waals surface area (Å²) < 4.78 is 31.9. The van der Waals surface area contributed by atoms with Gasteiger partial charge < -0.3 is 9.52 Å². The van der Waals surface area contributed by atoms with Gasteiger partial charge in [0.15, 0.2) is 11.5 Å². The monoisotopic (exact) mass is 381 g/mol. The Labute approximate surface area is 158 Å². The average Bonchev–Trinajstić information content (AvgIpc) is 3.31. The number of benzene rings is 2. The zero-order valence-corrected chi connectivity index (χ0v) is 14.3. The van der Waals surface area contributed by atoms with E-state index in [2.05, 4.69) is 0 Å². The van der Waals surface area contributed by atoms with Gasteiger partial charge in [0.1, 0.15) is 11.6 Å². The van der Waals surface area contributed by atoms with Crippen LogP contribution in [0.1, 0.15) is 22.2 Å². The molecular weight excluding hydrogens is 368 g/mol. The molecule has 1 N–H and O–H groups in total. The van der Waals surface area contributed by atoms with Crippen LogP contribution in [0.4, 0.5) is 14.5 Å². The van der Waals surface area contributed by atoms with Crippen LogP contribution in [0.15, 0.2) is 82.7 Å². The molecule has 28 heavy (non-hydrogen) atoms. The van der Waals surface area contributed by atoms with Crippen molar-refractivity contribution in [1.82, 2.24) is 0 Å². The summed E-state index contributed by atoms with van der Waals surface area (Å²) >= 11 is 0. The van der Waals surface area contributed by atoms with Gasteiger partial charge in [-0.05, 0) is 54.1 Å². The van der Waals surface area contributed by atoms with E-state index < -0.39 is 35.1 Å². The lowest BCUT2D eigenvalue weighted by atomic mass is 9.95. The van der Waals surface area contributed by atoms with Crippen molar-refractivity contribution in [3.8, 4) is 0 Å². The number of carbonyl (C=O) groups is 2. The molecule has 0 aliphatic carbocycles. The molecule has 3 aromatic rings. The molecule has 2 heterocycles. The highest BCUT2D eigenvalue weighted by Crippen LogP contribution is 2.41. The van der Waals surface area contributed by atoms with Gasteiger partial charge in [-0.2, -0.15) is 0 Å². The van der Waals surface area contributed by atoms with Crippen molar-refractivity contribution < 1.29 is 27.9 Å². The van der Waals surface area contributed by atoms with E-state index in [1.165, 1.54) is 54.8 Å². The molecule has 0 saturated heterocycles. The van der Waals surface area contributed by atoms with Crippen molar-refractivity contribution in [2.45, 2.75) is 6.04 Å². The normalized spacial score (nSPS) is 16.7. The Hall–Kier alpha value is -3.74. The molecule has 1 unspecified atom stereocenters. The van der Waals surface area contributed by atoms with Gasteiger partial charge in [0.2, 0.25) is 5.78 Å². The van der Waals surface area contributed by atoms with E-state index in [9.17, 15) is 23.5 Å². The maximum Gasteiger partial charge on any atom is 0.294 e. The summed E-state index contributed by atoms with van der Waals surface area (Å²) in [6.45, 7) is 0. The van der Waals surface area contributed by atoms with Crippen LogP contribution in [0.25, 0.3) is 0 Å². The van der Waals surface area contributed by atoms with Gasteiger partial charge in [-0.25, -0.2) is 8.78 Å². The van der Waals surface area contributed by atoms with Crippen LogP contribution in [-0.4, -0.2) is 16.8 Å². The first-order chi connectivity index (χ1) is 13.5. The van der Waals surface area contributed by atoms with Crippen LogP contribution < -0.4 is 4.90 Å². The molecule has 0 bridgehead atoms. The van der Waals surface area contributed by atoms with E-state index in [1.54, 1.807) is 0 Å². The van der Waals surface area contributed by atoms with Crippen molar-refractivity contribution in [2.75, 3.05) is 4.90 Å². The number of nitrogens with zero attached hydrogens (tertiary/aromatic N) is 1. The summed E-state index contributed by atoms with van der Waals surface area (Å²) in [6.07, 6.45) is 1.30. The third kappa shape index (κ3) is 2.87. The molecule has 1 amide bonds. The molecule has 0 fully saturated rings. The van der Waals surface area contributed by atoms with E-state index in [0.717, 1.165) is 17.0 Å². The third-order valence-electron chi connectivity index (χ3n) is 4.49. The second-order valence-corrected chi connectivity index (χ2v) is 6.17. The Kier molecular flexibility index (Phi) is 4.27. The van der Waals surface area contributed by atoms with Crippen LogP contribution in [0.5, 0.6) is 0 Å². The molecule has 1 aliphatic heterocycles. The Morgan fingerprint density at radius 3 is 2.14 bits per heavy atom. The largest absolute Gasteiger partial charge is 0.503 e. The Morgan fingerprint density at radius 1 is 0.964 bits per heavy atom. The molecule has 140 valence electrons. The predicted molar refractivity (Wildman–Crippen MR) is 95.7 cm³/mol. The molecule has 0 spiro atoms. The van der Waals surface area contributed by atoms with Crippen molar-refractivity contribution >= 4 is 17.4 Å². The van der Waals surface area contributed by atoms with Crippen LogP contribution >= 0.6 is 0 Å². The minimum absolute atomic E-state index is 0.0533. The number of carbonyl (C=O) groups excluding carboxylic acids is 2. The summed E-state index contributed by atoms with van der Waals surface area (Å²) in [4.78, 5) is 26.9. The first-order valence-electron chi connectivity index (χ1n) is 8.33. The minimum atomic E-state index is -1.03. The first kappa shape index (κ1) is 17.7. The number of hydrogen-bond donors (Lipinski definition) is 1. The van der Waals surface area contributed by atoms with E-state index in [0.29, 0.717) is 5.56 Å². The molecule has 1 aliphatic rings. The quantitative estimate of drug-likeness (QED) is 0.683. The molecular formula is C21H13F2NO4. The summed E-state index contributed by atoms with van der Waals surface area (Å²) in [7, 11) is 0. The summed E-state index contributed by atoms with van der Waals surface area (Å²) in [5.41, 5.74) is 0.475. The number of aliphatic hydroxyl groups excluding tert-OH is 1. The summed E-state index contributed by atoms with van der Waals surface area (Å²) in [6, 6.07) is 12.1. The van der Waals surface area contributed by atoms with Crippen molar-refractivity contribution in [1.29, 1.82) is 0 Å². The lowest BCUT2D eigenvalue weighted by molar-refractivity contribution is -0.117. The smallest absolute Gasteiger partial charge is 0.294 e. The van der Waals surface area contributed by atoms with Crippen molar-refractivity contribution in [3.63, 3.8) is 0 Å². The number of aliphatic hydroxyl groups is 1. The van der Waals surface area contributed by atoms with Crippen molar-refractivity contribution in [3.05, 3.63) is 101 Å². The molecule has 2 aromatic carbocycles. The predicted octanol–water partition coefficient (Wildman–Crippen LogP) is 4.34. The lowest BCUT2D eigenvalue weighted by Crippen LogP contribution is -2.31. The summed E-state index contributed by atoms with van der Waals surface area (Å²) in [5, 5.41) is 10.5. The average molecular weight is 381 g/mol. The molecule has 0 radical (unpaired) electrons. The maximum absolute atomic E-state index is 13.4. The van der Waals surface area contributed by atoms with Gasteiger partial charge in [0, 0.05) is 5.69 Å². The van der Waals surface area contributed by atoms with Crippen LogP contribution in [0, 0.1) is 11.6 Å².